The molecule has 3 aliphatic carbocycles. The van der Waals surface area contributed by atoms with Crippen LogP contribution >= 0.6 is 0 Å². The average molecular weight is 373 g/mol. The van der Waals surface area contributed by atoms with Crippen molar-refractivity contribution in [3.8, 4) is 0 Å². The van der Waals surface area contributed by atoms with Crippen molar-refractivity contribution in [2.45, 2.75) is 51.9 Å². The van der Waals surface area contributed by atoms with Gasteiger partial charge in [-0.15, -0.1) is 0 Å². The normalized spacial score (nSPS) is 27.8. The molecule has 0 saturated carbocycles. The number of hydrogen-bond acceptors (Lipinski definition) is 2. The van der Waals surface area contributed by atoms with Gasteiger partial charge in [0.15, 0.2) is 0 Å². The quantitative estimate of drug-likeness (QED) is 0.458. The highest BCUT2D eigenvalue weighted by molar-refractivity contribution is 6.09. The number of rotatable bonds is 5. The van der Waals surface area contributed by atoms with E-state index >= 15 is 0 Å². The molecule has 2 nitrogen and oxygen atoms in total. The lowest BCUT2D eigenvalue weighted by molar-refractivity contribution is 0.502. The smallest absolute Gasteiger partial charge is 0.0804 e. The Morgan fingerprint density at radius 3 is 2.86 bits per heavy atom. The molecule has 28 heavy (non-hydrogen) atoms. The number of nitrogens with two attached hydrogens (primary N) is 1. The summed E-state index contributed by atoms with van der Waals surface area (Å²) in [5.74, 6) is 1.40. The highest BCUT2D eigenvalue weighted by Gasteiger charge is 2.26. The van der Waals surface area contributed by atoms with E-state index in [4.69, 9.17) is 5.73 Å². The van der Waals surface area contributed by atoms with Crippen LogP contribution in [0.25, 0.3) is 0 Å². The van der Waals surface area contributed by atoms with E-state index in [0.717, 1.165) is 30.3 Å². The first-order valence-corrected chi connectivity index (χ1v) is 10.8. The molecule has 0 aromatic carbocycles. The van der Waals surface area contributed by atoms with E-state index in [1.807, 2.05) is 18.2 Å². The van der Waals surface area contributed by atoms with Gasteiger partial charge in [-0.1, -0.05) is 60.6 Å². The van der Waals surface area contributed by atoms with E-state index in [1.54, 1.807) is 22.3 Å². The Morgan fingerprint density at radius 1 is 1.14 bits per heavy atom. The van der Waals surface area contributed by atoms with E-state index in [0.29, 0.717) is 5.92 Å². The molecule has 146 valence electrons. The second-order valence-corrected chi connectivity index (χ2v) is 8.39. The fraction of sp³-hybridized carbons (Fsp3) is 0.423. The van der Waals surface area contributed by atoms with Gasteiger partial charge in [0.2, 0.25) is 0 Å². The van der Waals surface area contributed by atoms with Crippen molar-refractivity contribution in [3.63, 3.8) is 0 Å². The molecule has 2 N–H and O–H groups in total. The zero-order valence-electron chi connectivity index (χ0n) is 17.0. The van der Waals surface area contributed by atoms with Crippen molar-refractivity contribution in [3.05, 3.63) is 82.7 Å². The molecule has 1 aliphatic heterocycles. The van der Waals surface area contributed by atoms with E-state index in [1.165, 1.54) is 38.5 Å². The first-order chi connectivity index (χ1) is 13.7. The molecule has 2 atom stereocenters. The molecule has 2 heteroatoms. The molecule has 0 bridgehead atoms. The second kappa shape index (κ2) is 8.77. The summed E-state index contributed by atoms with van der Waals surface area (Å²) in [6.07, 6.45) is 28.5. The van der Waals surface area contributed by atoms with Crippen LogP contribution in [0.3, 0.4) is 0 Å². The second-order valence-electron chi connectivity index (χ2n) is 8.39. The number of fused-ring (bicyclic) bond motifs is 1. The van der Waals surface area contributed by atoms with Crippen molar-refractivity contribution in [2.75, 3.05) is 6.54 Å². The van der Waals surface area contributed by atoms with Gasteiger partial charge in [-0.25, -0.2) is 0 Å². The van der Waals surface area contributed by atoms with Crippen LogP contribution in [0.4, 0.5) is 0 Å². The molecule has 0 radical (unpaired) electrons. The fourth-order valence-corrected chi connectivity index (χ4v) is 4.79. The molecule has 2 unspecified atom stereocenters. The summed E-state index contributed by atoms with van der Waals surface area (Å²) in [6.45, 7) is 3.09. The fourth-order valence-electron chi connectivity index (χ4n) is 4.79. The Kier molecular flexibility index (Phi) is 5.95. The summed E-state index contributed by atoms with van der Waals surface area (Å²) >= 11 is 0. The molecule has 4 rings (SSSR count). The van der Waals surface area contributed by atoms with Gasteiger partial charge >= 0.3 is 0 Å². The van der Waals surface area contributed by atoms with Crippen molar-refractivity contribution in [1.29, 1.82) is 0 Å². The number of aliphatic imine (C=N–C) groups is 1. The number of hydrogen-bond donors (Lipinski definition) is 1. The monoisotopic (exact) mass is 372 g/mol. The largest absolute Gasteiger partial charge is 0.397 e. The summed E-state index contributed by atoms with van der Waals surface area (Å²) in [5, 5.41) is 0. The van der Waals surface area contributed by atoms with Gasteiger partial charge in [-0.2, -0.15) is 0 Å². The first kappa shape index (κ1) is 19.0. The predicted octanol–water partition coefficient (Wildman–Crippen LogP) is 6.13. The minimum Gasteiger partial charge on any atom is -0.397 e. The SMILES string of the molecule is CC1C=CC(C2=C3C=CCCC3=C(C/C=C\C=C(/N)C3=NCC=C3)CC2)CC1. The Bertz CT molecular complexity index is 855. The lowest BCUT2D eigenvalue weighted by Crippen LogP contribution is -2.16. The molecule has 0 saturated heterocycles. The van der Waals surface area contributed by atoms with Crippen LogP contribution in [0.1, 0.15) is 51.9 Å². The molecule has 0 fully saturated rings. The summed E-state index contributed by atoms with van der Waals surface area (Å²) in [5.41, 5.74) is 14.3. The third-order valence-corrected chi connectivity index (χ3v) is 6.41. The molecule has 0 aromatic heterocycles. The molecule has 0 amide bonds. The van der Waals surface area contributed by atoms with Crippen LogP contribution in [0, 0.1) is 11.8 Å². The Morgan fingerprint density at radius 2 is 2.07 bits per heavy atom. The topological polar surface area (TPSA) is 38.4 Å². The van der Waals surface area contributed by atoms with E-state index < -0.39 is 0 Å². The van der Waals surface area contributed by atoms with E-state index in [9.17, 15) is 0 Å². The van der Waals surface area contributed by atoms with Gasteiger partial charge in [0.1, 0.15) is 0 Å². The van der Waals surface area contributed by atoms with Crippen molar-refractivity contribution in [2.24, 2.45) is 22.6 Å². The zero-order valence-corrected chi connectivity index (χ0v) is 17.0. The maximum absolute atomic E-state index is 6.11. The van der Waals surface area contributed by atoms with Gasteiger partial charge < -0.3 is 5.73 Å². The summed E-state index contributed by atoms with van der Waals surface area (Å²) < 4.78 is 0. The van der Waals surface area contributed by atoms with Gasteiger partial charge in [-0.05, 0) is 80.1 Å². The van der Waals surface area contributed by atoms with Crippen LogP contribution in [0.5, 0.6) is 0 Å². The predicted molar refractivity (Wildman–Crippen MR) is 120 cm³/mol. The molecular weight excluding hydrogens is 340 g/mol. The lowest BCUT2D eigenvalue weighted by atomic mass is 9.73. The highest BCUT2D eigenvalue weighted by Crippen LogP contribution is 2.43. The minimum absolute atomic E-state index is 0.656. The number of nitrogens with zero attached hydrogens (tertiary/aromatic N) is 1. The van der Waals surface area contributed by atoms with Crippen LogP contribution in [-0.4, -0.2) is 12.3 Å². The molecule has 0 aromatic rings. The first-order valence-electron chi connectivity index (χ1n) is 10.8. The lowest BCUT2D eigenvalue weighted by Gasteiger charge is -2.32. The standard InChI is InChI=1S/C26H32N2/c1-19-12-14-21(15-13-19)23-17-16-20(22-8-3-4-9-24(22)23)7-2-5-10-25(27)26-11-6-18-28-26/h2,4-6,9-12,14,19,21H,3,7-8,13,15-18,27H2,1H3/b5-2-,25-10-. The van der Waals surface area contributed by atoms with E-state index in [-0.39, 0.29) is 0 Å². The molecule has 0 spiro atoms. The average Bonchev–Trinajstić information content (AvgIpc) is 3.27. The number of allylic oxidation sites excluding steroid dienone is 12. The van der Waals surface area contributed by atoms with Gasteiger partial charge in [0.25, 0.3) is 0 Å². The van der Waals surface area contributed by atoms with Crippen LogP contribution in [0.15, 0.2) is 87.7 Å². The van der Waals surface area contributed by atoms with Gasteiger partial charge in [-0.3, -0.25) is 4.99 Å². The third-order valence-electron chi connectivity index (χ3n) is 6.41. The Hall–Kier alpha value is -2.35. The van der Waals surface area contributed by atoms with Gasteiger partial charge in [0, 0.05) is 0 Å². The van der Waals surface area contributed by atoms with Crippen molar-refractivity contribution < 1.29 is 0 Å². The third kappa shape index (κ3) is 4.22. The van der Waals surface area contributed by atoms with Crippen molar-refractivity contribution in [1.82, 2.24) is 0 Å². The maximum atomic E-state index is 6.11. The molecular formula is C26H32N2. The molecule has 1 heterocycles. The summed E-state index contributed by atoms with van der Waals surface area (Å²) in [4.78, 5) is 4.37. The Balaban J connectivity index is 1.51. The highest BCUT2D eigenvalue weighted by atomic mass is 14.8. The summed E-state index contributed by atoms with van der Waals surface area (Å²) in [7, 11) is 0. The van der Waals surface area contributed by atoms with Crippen LogP contribution < -0.4 is 5.73 Å². The van der Waals surface area contributed by atoms with Gasteiger partial charge in [0.05, 0.1) is 18.0 Å². The zero-order chi connectivity index (χ0) is 19.3. The van der Waals surface area contributed by atoms with Crippen LogP contribution in [-0.2, 0) is 0 Å². The maximum Gasteiger partial charge on any atom is 0.0804 e. The molecule has 4 aliphatic rings. The van der Waals surface area contributed by atoms with Crippen LogP contribution in [0.2, 0.25) is 0 Å². The minimum atomic E-state index is 0.656. The van der Waals surface area contributed by atoms with E-state index in [2.05, 4.69) is 48.4 Å². The summed E-state index contributed by atoms with van der Waals surface area (Å²) in [6, 6.07) is 0. The Labute approximate surface area is 169 Å². The van der Waals surface area contributed by atoms with Crippen molar-refractivity contribution >= 4 is 5.71 Å².